The monoisotopic (exact) mass is 374 g/mol. The minimum absolute atomic E-state index is 0.228. The first-order chi connectivity index (χ1) is 13.5. The normalized spacial score (nSPS) is 15.2. The molecule has 0 radical (unpaired) electrons. The number of nitrogens with zero attached hydrogens (tertiary/aromatic N) is 2. The lowest BCUT2D eigenvalue weighted by atomic mass is 10.1. The van der Waals surface area contributed by atoms with Crippen LogP contribution in [0.2, 0.25) is 0 Å². The van der Waals surface area contributed by atoms with Crippen molar-refractivity contribution in [1.29, 1.82) is 0 Å². The molecule has 4 rings (SSSR count). The Morgan fingerprint density at radius 2 is 1.39 bits per heavy atom. The molecule has 0 N–H and O–H groups in total. The summed E-state index contributed by atoms with van der Waals surface area (Å²) in [6, 6.07) is 19.2. The number of hydrogen-bond acceptors (Lipinski definition) is 2. The number of amides is 1. The first-order valence-electron chi connectivity index (χ1n) is 8.74. The Kier molecular flexibility index (Phi) is 4.57. The van der Waals surface area contributed by atoms with Gasteiger partial charge in [0, 0.05) is 5.56 Å². The van der Waals surface area contributed by atoms with Gasteiger partial charge in [0.1, 0.15) is 23.2 Å². The van der Waals surface area contributed by atoms with Gasteiger partial charge in [-0.2, -0.15) is 0 Å². The average molecular weight is 374 g/mol. The molecule has 0 spiro atoms. The van der Waals surface area contributed by atoms with Crippen LogP contribution in [-0.2, 0) is 4.79 Å². The van der Waals surface area contributed by atoms with Gasteiger partial charge in [-0.05, 0) is 55.0 Å². The maximum atomic E-state index is 13.4. The maximum Gasteiger partial charge on any atom is 0.282 e. The third-order valence-electron chi connectivity index (χ3n) is 4.43. The van der Waals surface area contributed by atoms with Crippen molar-refractivity contribution in [1.82, 2.24) is 0 Å². The third-order valence-corrected chi connectivity index (χ3v) is 4.43. The maximum absolute atomic E-state index is 13.4. The highest BCUT2D eigenvalue weighted by atomic mass is 19.1. The standard InChI is InChI=1S/C23H16F2N2O/c1-15-2-6-17(7-3-15)22-26-21(14-16-4-8-18(24)9-5-16)23(28)27(22)20-12-10-19(25)11-13-20/h2-14H,1H3/b21-14+. The molecule has 0 atom stereocenters. The van der Waals surface area contributed by atoms with Crippen LogP contribution in [-0.4, -0.2) is 11.7 Å². The molecule has 0 bridgehead atoms. The van der Waals surface area contributed by atoms with Crippen LogP contribution in [0.3, 0.4) is 0 Å². The van der Waals surface area contributed by atoms with E-state index < -0.39 is 0 Å². The van der Waals surface area contributed by atoms with Crippen molar-refractivity contribution in [2.45, 2.75) is 6.92 Å². The summed E-state index contributed by atoms with van der Waals surface area (Å²) in [6.07, 6.45) is 1.61. The molecule has 0 aliphatic carbocycles. The van der Waals surface area contributed by atoms with Gasteiger partial charge in [0.25, 0.3) is 5.91 Å². The molecule has 0 fully saturated rings. The molecule has 1 aliphatic heterocycles. The Bertz CT molecular complexity index is 1080. The zero-order valence-corrected chi connectivity index (χ0v) is 15.1. The van der Waals surface area contributed by atoms with Crippen LogP contribution in [0.1, 0.15) is 16.7 Å². The molecule has 28 heavy (non-hydrogen) atoms. The van der Waals surface area contributed by atoms with Gasteiger partial charge in [0.2, 0.25) is 0 Å². The number of benzene rings is 3. The second-order valence-electron chi connectivity index (χ2n) is 6.50. The van der Waals surface area contributed by atoms with Gasteiger partial charge in [0.05, 0.1) is 5.69 Å². The number of carbonyl (C=O) groups is 1. The van der Waals surface area contributed by atoms with Crippen molar-refractivity contribution in [3.05, 3.63) is 107 Å². The van der Waals surface area contributed by atoms with Gasteiger partial charge >= 0.3 is 0 Å². The van der Waals surface area contributed by atoms with Gasteiger partial charge in [-0.15, -0.1) is 0 Å². The number of amidine groups is 1. The van der Waals surface area contributed by atoms with E-state index in [1.165, 1.54) is 41.3 Å². The summed E-state index contributed by atoms with van der Waals surface area (Å²) in [7, 11) is 0. The quantitative estimate of drug-likeness (QED) is 0.587. The Hall–Kier alpha value is -3.60. The van der Waals surface area contributed by atoms with Gasteiger partial charge < -0.3 is 0 Å². The molecular weight excluding hydrogens is 358 g/mol. The second-order valence-corrected chi connectivity index (χ2v) is 6.50. The van der Waals surface area contributed by atoms with Crippen molar-refractivity contribution < 1.29 is 13.6 Å². The summed E-state index contributed by atoms with van der Waals surface area (Å²) in [5, 5.41) is 0. The summed E-state index contributed by atoms with van der Waals surface area (Å²) in [5.41, 5.74) is 3.27. The molecule has 1 amide bonds. The van der Waals surface area contributed by atoms with Crippen LogP contribution >= 0.6 is 0 Å². The molecule has 5 heteroatoms. The Labute approximate surface area is 161 Å². The Balaban J connectivity index is 1.81. The van der Waals surface area contributed by atoms with Crippen LogP contribution in [0.4, 0.5) is 14.5 Å². The minimum Gasteiger partial charge on any atom is -0.266 e. The second kappa shape index (κ2) is 7.19. The van der Waals surface area contributed by atoms with Gasteiger partial charge in [-0.1, -0.05) is 42.0 Å². The third kappa shape index (κ3) is 3.47. The number of rotatable bonds is 3. The summed E-state index contributed by atoms with van der Waals surface area (Å²) < 4.78 is 26.5. The van der Waals surface area contributed by atoms with Crippen molar-refractivity contribution in [2.24, 2.45) is 4.99 Å². The van der Waals surface area contributed by atoms with Gasteiger partial charge in [0.15, 0.2) is 0 Å². The van der Waals surface area contributed by atoms with Crippen LogP contribution in [0, 0.1) is 18.6 Å². The fraction of sp³-hybridized carbons (Fsp3) is 0.0435. The number of aryl methyl sites for hydroxylation is 1. The molecular formula is C23H16F2N2O. The van der Waals surface area contributed by atoms with E-state index in [0.717, 1.165) is 11.1 Å². The van der Waals surface area contributed by atoms with Gasteiger partial charge in [-0.3, -0.25) is 9.69 Å². The summed E-state index contributed by atoms with van der Waals surface area (Å²) in [6.45, 7) is 1.98. The molecule has 0 aromatic heterocycles. The van der Waals surface area contributed by atoms with Crippen molar-refractivity contribution in [3.8, 4) is 0 Å². The summed E-state index contributed by atoms with van der Waals surface area (Å²) in [4.78, 5) is 19.1. The first-order valence-corrected chi connectivity index (χ1v) is 8.74. The van der Waals surface area contributed by atoms with E-state index in [0.29, 0.717) is 17.1 Å². The molecule has 1 heterocycles. The smallest absolute Gasteiger partial charge is 0.266 e. The van der Waals surface area contributed by atoms with E-state index in [-0.39, 0.29) is 23.2 Å². The van der Waals surface area contributed by atoms with E-state index in [2.05, 4.69) is 4.99 Å². The van der Waals surface area contributed by atoms with Crippen LogP contribution in [0.15, 0.2) is 83.5 Å². The minimum atomic E-state index is -0.383. The van der Waals surface area contributed by atoms with Crippen LogP contribution < -0.4 is 4.90 Å². The Morgan fingerprint density at radius 3 is 2.00 bits per heavy atom. The van der Waals surface area contributed by atoms with Crippen LogP contribution in [0.25, 0.3) is 6.08 Å². The molecule has 3 nitrogen and oxygen atoms in total. The number of carbonyl (C=O) groups excluding carboxylic acids is 1. The largest absolute Gasteiger partial charge is 0.282 e. The molecule has 3 aromatic carbocycles. The highest BCUT2D eigenvalue weighted by molar-refractivity contribution is 6.33. The lowest BCUT2D eigenvalue weighted by molar-refractivity contribution is -0.113. The topological polar surface area (TPSA) is 32.7 Å². The number of anilines is 1. The summed E-state index contributed by atoms with van der Waals surface area (Å²) >= 11 is 0. The highest BCUT2D eigenvalue weighted by Gasteiger charge is 2.32. The zero-order chi connectivity index (χ0) is 19.7. The van der Waals surface area contributed by atoms with E-state index in [1.807, 2.05) is 31.2 Å². The van der Waals surface area contributed by atoms with Crippen molar-refractivity contribution >= 4 is 23.5 Å². The molecule has 0 unspecified atom stereocenters. The number of aliphatic imine (C=N–C) groups is 1. The average Bonchev–Trinajstić information content (AvgIpc) is 3.01. The SMILES string of the molecule is Cc1ccc(C2=N/C(=C/c3ccc(F)cc3)C(=O)N2c2ccc(F)cc2)cc1. The molecule has 0 saturated carbocycles. The predicted molar refractivity (Wildman–Crippen MR) is 106 cm³/mol. The zero-order valence-electron chi connectivity index (χ0n) is 15.1. The summed E-state index contributed by atoms with van der Waals surface area (Å²) in [5.74, 6) is -0.598. The van der Waals surface area contributed by atoms with Crippen LogP contribution in [0.5, 0.6) is 0 Å². The lowest BCUT2D eigenvalue weighted by Gasteiger charge is -2.18. The lowest BCUT2D eigenvalue weighted by Crippen LogP contribution is -2.32. The molecule has 138 valence electrons. The van der Waals surface area contributed by atoms with Crippen molar-refractivity contribution in [3.63, 3.8) is 0 Å². The molecule has 1 aliphatic rings. The molecule has 0 saturated heterocycles. The van der Waals surface area contributed by atoms with E-state index in [1.54, 1.807) is 18.2 Å². The number of halogens is 2. The Morgan fingerprint density at radius 1 is 0.821 bits per heavy atom. The van der Waals surface area contributed by atoms with E-state index in [9.17, 15) is 13.6 Å². The predicted octanol–water partition coefficient (Wildman–Crippen LogP) is 5.11. The fourth-order valence-electron chi connectivity index (χ4n) is 2.96. The van der Waals surface area contributed by atoms with E-state index >= 15 is 0 Å². The number of hydrogen-bond donors (Lipinski definition) is 0. The highest BCUT2D eigenvalue weighted by Crippen LogP contribution is 2.28. The molecule has 3 aromatic rings. The fourth-order valence-corrected chi connectivity index (χ4v) is 2.96. The van der Waals surface area contributed by atoms with Crippen molar-refractivity contribution in [2.75, 3.05) is 4.90 Å². The van der Waals surface area contributed by atoms with Gasteiger partial charge in [-0.25, -0.2) is 13.8 Å². The first kappa shape index (κ1) is 17.8. The van der Waals surface area contributed by atoms with E-state index in [4.69, 9.17) is 0 Å².